The van der Waals surface area contributed by atoms with Crippen molar-refractivity contribution in [2.45, 2.75) is 26.8 Å². The molecule has 18 heavy (non-hydrogen) atoms. The van der Waals surface area contributed by atoms with E-state index in [0.717, 1.165) is 11.3 Å². The van der Waals surface area contributed by atoms with Crippen LogP contribution in [0.2, 0.25) is 5.15 Å². The molecule has 0 bridgehead atoms. The van der Waals surface area contributed by atoms with Crippen LogP contribution in [0.15, 0.2) is 0 Å². The summed E-state index contributed by atoms with van der Waals surface area (Å²) in [6.45, 7) is 6.42. The van der Waals surface area contributed by atoms with Crippen LogP contribution >= 0.6 is 22.9 Å². The predicted octanol–water partition coefficient (Wildman–Crippen LogP) is 2.24. The number of nitrogens with zero attached hydrogens (tertiary/aromatic N) is 2. The lowest BCUT2D eigenvalue weighted by Crippen LogP contribution is -2.39. The van der Waals surface area contributed by atoms with Gasteiger partial charge in [-0.25, -0.2) is 4.98 Å². The molecule has 0 aromatic carbocycles. The van der Waals surface area contributed by atoms with E-state index in [-0.39, 0.29) is 11.1 Å². The monoisotopic (exact) mass is 286 g/mol. The summed E-state index contributed by atoms with van der Waals surface area (Å²) in [6.07, 6.45) is 0. The highest BCUT2D eigenvalue weighted by Crippen LogP contribution is 2.26. The maximum atomic E-state index is 11.7. The number of carbonyl (C=O) groups is 1. The highest BCUT2D eigenvalue weighted by atomic mass is 35.5. The second-order valence-corrected chi connectivity index (χ2v) is 5.61. The topological polar surface area (TPSA) is 77.8 Å². The van der Waals surface area contributed by atoms with Crippen molar-refractivity contribution in [2.24, 2.45) is 5.92 Å². The normalized spacial score (nSPS) is 12.0. The van der Waals surface area contributed by atoms with Gasteiger partial charge in [-0.3, -0.25) is 4.79 Å². The third kappa shape index (κ3) is 4.17. The number of nitriles is 1. The molecule has 1 heterocycles. The molecule has 1 atom stereocenters. The number of hydrogen-bond acceptors (Lipinski definition) is 5. The third-order valence-electron chi connectivity index (χ3n) is 2.11. The number of hydrogen-bond donors (Lipinski definition) is 2. The summed E-state index contributed by atoms with van der Waals surface area (Å²) in [7, 11) is 0. The van der Waals surface area contributed by atoms with Crippen molar-refractivity contribution in [1.82, 2.24) is 10.3 Å². The summed E-state index contributed by atoms with van der Waals surface area (Å²) in [5.74, 6) is 0.300. The van der Waals surface area contributed by atoms with Crippen LogP contribution in [0.3, 0.4) is 0 Å². The van der Waals surface area contributed by atoms with Crippen LogP contribution in [-0.4, -0.2) is 23.5 Å². The minimum atomic E-state index is -0.419. The molecular weight excluding hydrogens is 272 g/mol. The molecule has 0 fully saturated rings. The Labute approximate surface area is 115 Å². The van der Waals surface area contributed by atoms with Gasteiger partial charge in [-0.15, -0.1) is 0 Å². The molecule has 0 aliphatic rings. The molecule has 98 valence electrons. The molecule has 7 heteroatoms. The zero-order valence-electron chi connectivity index (χ0n) is 10.5. The fraction of sp³-hybridized carbons (Fsp3) is 0.545. The van der Waals surface area contributed by atoms with E-state index >= 15 is 0 Å². The summed E-state index contributed by atoms with van der Waals surface area (Å²) in [4.78, 5) is 16.0. The Balaban J connectivity index is 2.56. The molecule has 0 radical (unpaired) electrons. The highest BCUT2D eigenvalue weighted by molar-refractivity contribution is 7.16. The fourth-order valence-corrected chi connectivity index (χ4v) is 2.17. The van der Waals surface area contributed by atoms with Gasteiger partial charge in [0.05, 0.1) is 0 Å². The predicted molar refractivity (Wildman–Crippen MR) is 72.8 cm³/mol. The largest absolute Gasteiger partial charge is 0.354 e. The van der Waals surface area contributed by atoms with Gasteiger partial charge in [0.1, 0.15) is 17.0 Å². The van der Waals surface area contributed by atoms with Crippen LogP contribution in [0.1, 0.15) is 25.6 Å². The van der Waals surface area contributed by atoms with E-state index in [1.54, 1.807) is 6.92 Å². The summed E-state index contributed by atoms with van der Waals surface area (Å²) >= 11 is 6.88. The molecule has 1 amide bonds. The molecular formula is C11H15ClN4OS. The molecule has 0 spiro atoms. The standard InChI is InChI=1S/C11H15ClN4OS/c1-6(2)5-14-10(17)7(3)15-11-16-9(12)8(4-13)18-11/h6-7H,5H2,1-3H3,(H,14,17)(H,15,16). The Hall–Kier alpha value is -1.32. The van der Waals surface area contributed by atoms with Gasteiger partial charge < -0.3 is 10.6 Å². The summed E-state index contributed by atoms with van der Waals surface area (Å²) < 4.78 is 0. The molecule has 5 nitrogen and oxygen atoms in total. The van der Waals surface area contributed by atoms with Crippen LogP contribution in [0, 0.1) is 17.2 Å². The molecule has 0 saturated heterocycles. The lowest BCUT2D eigenvalue weighted by atomic mass is 10.2. The van der Waals surface area contributed by atoms with Gasteiger partial charge in [-0.2, -0.15) is 5.26 Å². The Kier molecular flexibility index (Phi) is 5.38. The van der Waals surface area contributed by atoms with Gasteiger partial charge in [-0.05, 0) is 12.8 Å². The van der Waals surface area contributed by atoms with Crippen LogP contribution in [0.25, 0.3) is 0 Å². The van der Waals surface area contributed by atoms with Crippen molar-refractivity contribution in [2.75, 3.05) is 11.9 Å². The number of halogens is 1. The number of carbonyl (C=O) groups excluding carboxylic acids is 1. The van der Waals surface area contributed by atoms with Crippen molar-refractivity contribution < 1.29 is 4.79 Å². The first-order chi connectivity index (χ1) is 8.43. The van der Waals surface area contributed by atoms with Crippen LogP contribution in [0.5, 0.6) is 0 Å². The van der Waals surface area contributed by atoms with Gasteiger partial charge in [0.25, 0.3) is 0 Å². The maximum absolute atomic E-state index is 11.7. The van der Waals surface area contributed by atoms with E-state index in [9.17, 15) is 4.79 Å². The molecule has 1 unspecified atom stereocenters. The van der Waals surface area contributed by atoms with Crippen LogP contribution in [0.4, 0.5) is 5.13 Å². The summed E-state index contributed by atoms with van der Waals surface area (Å²) in [6, 6.07) is 1.52. The number of aromatic nitrogens is 1. The number of anilines is 1. The van der Waals surface area contributed by atoms with Crippen molar-refractivity contribution in [3.05, 3.63) is 10.0 Å². The lowest BCUT2D eigenvalue weighted by Gasteiger charge is -2.14. The van der Waals surface area contributed by atoms with Gasteiger partial charge in [-0.1, -0.05) is 36.8 Å². The highest BCUT2D eigenvalue weighted by Gasteiger charge is 2.16. The van der Waals surface area contributed by atoms with E-state index in [4.69, 9.17) is 16.9 Å². The van der Waals surface area contributed by atoms with Crippen molar-refractivity contribution >= 4 is 34.0 Å². The van der Waals surface area contributed by atoms with Crippen molar-refractivity contribution in [1.29, 1.82) is 5.26 Å². The Bertz CT molecular complexity index is 466. The van der Waals surface area contributed by atoms with Crippen molar-refractivity contribution in [3.8, 4) is 6.07 Å². The number of nitrogens with one attached hydrogen (secondary N) is 2. The van der Waals surface area contributed by atoms with E-state index in [2.05, 4.69) is 15.6 Å². The SMILES string of the molecule is CC(C)CNC(=O)C(C)Nc1nc(Cl)c(C#N)s1. The van der Waals surface area contributed by atoms with E-state index in [1.165, 1.54) is 0 Å². The average molecular weight is 287 g/mol. The quantitative estimate of drug-likeness (QED) is 0.870. The Morgan fingerprint density at radius 2 is 2.22 bits per heavy atom. The van der Waals surface area contributed by atoms with Gasteiger partial charge in [0.2, 0.25) is 5.91 Å². The molecule has 0 aliphatic heterocycles. The van der Waals surface area contributed by atoms with Gasteiger partial charge in [0, 0.05) is 6.54 Å². The van der Waals surface area contributed by atoms with E-state index < -0.39 is 6.04 Å². The van der Waals surface area contributed by atoms with Crippen LogP contribution < -0.4 is 10.6 Å². The maximum Gasteiger partial charge on any atom is 0.242 e. The molecule has 2 N–H and O–H groups in total. The Morgan fingerprint density at radius 1 is 1.56 bits per heavy atom. The second kappa shape index (κ2) is 6.57. The number of thiazole rings is 1. The average Bonchev–Trinajstić information content (AvgIpc) is 2.66. The molecule has 0 saturated carbocycles. The minimum absolute atomic E-state index is 0.103. The van der Waals surface area contributed by atoms with E-state index in [1.807, 2.05) is 19.9 Å². The third-order valence-corrected chi connectivity index (χ3v) is 3.38. The Morgan fingerprint density at radius 3 is 2.72 bits per heavy atom. The number of amides is 1. The molecule has 0 aliphatic carbocycles. The van der Waals surface area contributed by atoms with Gasteiger partial charge >= 0.3 is 0 Å². The summed E-state index contributed by atoms with van der Waals surface area (Å²) in [5, 5.41) is 15.1. The zero-order chi connectivity index (χ0) is 13.7. The van der Waals surface area contributed by atoms with Crippen LogP contribution in [-0.2, 0) is 4.79 Å². The number of rotatable bonds is 5. The first-order valence-electron chi connectivity index (χ1n) is 5.54. The fourth-order valence-electron chi connectivity index (χ4n) is 1.14. The molecule has 1 aromatic heterocycles. The van der Waals surface area contributed by atoms with E-state index in [0.29, 0.717) is 22.5 Å². The smallest absolute Gasteiger partial charge is 0.242 e. The first kappa shape index (κ1) is 14.7. The first-order valence-corrected chi connectivity index (χ1v) is 6.74. The lowest BCUT2D eigenvalue weighted by molar-refractivity contribution is -0.121. The minimum Gasteiger partial charge on any atom is -0.354 e. The van der Waals surface area contributed by atoms with Crippen molar-refractivity contribution in [3.63, 3.8) is 0 Å². The summed E-state index contributed by atoms with van der Waals surface area (Å²) in [5.41, 5.74) is 0. The molecule has 1 aromatic rings. The molecule has 1 rings (SSSR count). The zero-order valence-corrected chi connectivity index (χ0v) is 12.0. The van der Waals surface area contributed by atoms with Gasteiger partial charge in [0.15, 0.2) is 10.3 Å². The second-order valence-electron chi connectivity index (χ2n) is 4.26.